The first-order valence-electron chi connectivity index (χ1n) is 6.37. The molecule has 7 heteroatoms. The number of imide groups is 1. The lowest BCUT2D eigenvalue weighted by atomic mass is 10.1. The Morgan fingerprint density at radius 3 is 2.14 bits per heavy atom. The Bertz CT molecular complexity index is 784. The summed E-state index contributed by atoms with van der Waals surface area (Å²) < 4.78 is 13.9. The molecule has 22 heavy (non-hydrogen) atoms. The monoisotopic (exact) mass is 300 g/mol. The number of hydrogen-bond acceptors (Lipinski definition) is 4. The van der Waals surface area contributed by atoms with Crippen LogP contribution in [0.25, 0.3) is 0 Å². The van der Waals surface area contributed by atoms with Crippen molar-refractivity contribution in [3.8, 4) is 0 Å². The average molecular weight is 300 g/mol. The number of hydrogen-bond donors (Lipinski definition) is 0. The van der Waals surface area contributed by atoms with Gasteiger partial charge in [-0.15, -0.1) is 0 Å². The van der Waals surface area contributed by atoms with Crippen LogP contribution in [0.4, 0.5) is 10.1 Å². The van der Waals surface area contributed by atoms with Crippen LogP contribution < -0.4 is 0 Å². The van der Waals surface area contributed by atoms with Crippen molar-refractivity contribution in [3.05, 3.63) is 75.1 Å². The fraction of sp³-hybridized carbons (Fsp3) is 0.0667. The van der Waals surface area contributed by atoms with Gasteiger partial charge in [-0.3, -0.25) is 24.6 Å². The van der Waals surface area contributed by atoms with Crippen LogP contribution in [-0.4, -0.2) is 21.6 Å². The number of carbonyl (C=O) groups is 2. The number of halogens is 1. The minimum absolute atomic E-state index is 0.214. The van der Waals surface area contributed by atoms with Crippen molar-refractivity contribution in [2.24, 2.45) is 0 Å². The first-order chi connectivity index (χ1) is 10.5. The molecule has 3 rings (SSSR count). The normalized spacial score (nSPS) is 13.4. The Morgan fingerprint density at radius 1 is 1.00 bits per heavy atom. The van der Waals surface area contributed by atoms with Gasteiger partial charge in [0.2, 0.25) is 0 Å². The van der Waals surface area contributed by atoms with Crippen molar-refractivity contribution < 1.29 is 18.9 Å². The van der Waals surface area contributed by atoms with Gasteiger partial charge in [0.1, 0.15) is 5.82 Å². The van der Waals surface area contributed by atoms with Crippen molar-refractivity contribution in [1.29, 1.82) is 0 Å². The van der Waals surface area contributed by atoms with Crippen molar-refractivity contribution in [2.75, 3.05) is 0 Å². The van der Waals surface area contributed by atoms with Gasteiger partial charge in [0.25, 0.3) is 17.5 Å². The average Bonchev–Trinajstić information content (AvgIpc) is 2.74. The van der Waals surface area contributed by atoms with Gasteiger partial charge in [-0.25, -0.2) is 4.39 Å². The van der Waals surface area contributed by atoms with E-state index in [1.807, 2.05) is 0 Å². The highest BCUT2D eigenvalue weighted by Gasteiger charge is 2.36. The Balaban J connectivity index is 2.01. The SMILES string of the molecule is O=C1c2ccccc2C(=O)N1Cc1c(F)cccc1[N+](=O)[O-]. The number of benzene rings is 2. The molecule has 1 aliphatic rings. The van der Waals surface area contributed by atoms with Crippen LogP contribution in [0.1, 0.15) is 26.3 Å². The van der Waals surface area contributed by atoms with E-state index in [1.54, 1.807) is 12.1 Å². The Kier molecular flexibility index (Phi) is 3.17. The molecular weight excluding hydrogens is 291 g/mol. The molecule has 0 N–H and O–H groups in total. The van der Waals surface area contributed by atoms with Gasteiger partial charge < -0.3 is 0 Å². The summed E-state index contributed by atoms with van der Waals surface area (Å²) in [6, 6.07) is 9.60. The topological polar surface area (TPSA) is 80.5 Å². The fourth-order valence-corrected chi connectivity index (χ4v) is 2.42. The second kappa shape index (κ2) is 5.03. The molecule has 0 saturated heterocycles. The maximum atomic E-state index is 13.9. The van der Waals surface area contributed by atoms with Gasteiger partial charge in [-0.2, -0.15) is 0 Å². The lowest BCUT2D eigenvalue weighted by molar-refractivity contribution is -0.385. The van der Waals surface area contributed by atoms with Gasteiger partial charge >= 0.3 is 0 Å². The third-order valence-electron chi connectivity index (χ3n) is 3.49. The predicted molar refractivity (Wildman–Crippen MR) is 73.7 cm³/mol. The molecule has 2 aromatic rings. The quantitative estimate of drug-likeness (QED) is 0.495. The molecule has 2 amide bonds. The van der Waals surface area contributed by atoms with E-state index in [9.17, 15) is 24.1 Å². The number of rotatable bonds is 3. The van der Waals surface area contributed by atoms with E-state index in [-0.39, 0.29) is 16.7 Å². The number of nitro groups is 1. The van der Waals surface area contributed by atoms with Crippen LogP contribution in [-0.2, 0) is 6.54 Å². The van der Waals surface area contributed by atoms with E-state index in [0.29, 0.717) is 0 Å². The smallest absolute Gasteiger partial charge is 0.269 e. The zero-order valence-electron chi connectivity index (χ0n) is 11.2. The maximum Gasteiger partial charge on any atom is 0.277 e. The number of carbonyl (C=O) groups excluding carboxylic acids is 2. The van der Waals surface area contributed by atoms with Crippen LogP contribution in [0.5, 0.6) is 0 Å². The largest absolute Gasteiger partial charge is 0.277 e. The molecule has 110 valence electrons. The Morgan fingerprint density at radius 2 is 1.59 bits per heavy atom. The zero-order chi connectivity index (χ0) is 15.9. The second-order valence-electron chi connectivity index (χ2n) is 4.74. The molecule has 0 bridgehead atoms. The zero-order valence-corrected chi connectivity index (χ0v) is 11.2. The molecule has 6 nitrogen and oxygen atoms in total. The van der Waals surface area contributed by atoms with Gasteiger partial charge in [0, 0.05) is 6.07 Å². The molecule has 0 atom stereocenters. The predicted octanol–water partition coefficient (Wildman–Crippen LogP) is 2.53. The van der Waals surface area contributed by atoms with Crippen LogP contribution in [0.15, 0.2) is 42.5 Å². The molecule has 0 fully saturated rings. The summed E-state index contributed by atoms with van der Waals surface area (Å²) in [5.74, 6) is -2.00. The number of amides is 2. The minimum Gasteiger partial charge on any atom is -0.269 e. The third kappa shape index (κ3) is 2.03. The van der Waals surface area contributed by atoms with Crippen LogP contribution in [0.2, 0.25) is 0 Å². The van der Waals surface area contributed by atoms with Crippen LogP contribution in [0, 0.1) is 15.9 Å². The number of nitro benzene ring substituents is 1. The lowest BCUT2D eigenvalue weighted by Crippen LogP contribution is -2.29. The Hall–Kier alpha value is -3.09. The summed E-state index contributed by atoms with van der Waals surface area (Å²) in [5, 5.41) is 11.0. The van der Waals surface area contributed by atoms with Crippen molar-refractivity contribution in [1.82, 2.24) is 4.90 Å². The van der Waals surface area contributed by atoms with E-state index >= 15 is 0 Å². The van der Waals surface area contributed by atoms with Crippen LogP contribution in [0.3, 0.4) is 0 Å². The first kappa shape index (κ1) is 13.9. The summed E-state index contributed by atoms with van der Waals surface area (Å²) in [6.07, 6.45) is 0. The first-order valence-corrected chi connectivity index (χ1v) is 6.37. The van der Waals surface area contributed by atoms with E-state index in [4.69, 9.17) is 0 Å². The molecule has 1 heterocycles. The molecule has 0 radical (unpaired) electrons. The number of nitrogens with zero attached hydrogens (tertiary/aromatic N) is 2. The lowest BCUT2D eigenvalue weighted by Gasteiger charge is -2.14. The van der Waals surface area contributed by atoms with E-state index in [0.717, 1.165) is 17.0 Å². The highest BCUT2D eigenvalue weighted by atomic mass is 19.1. The Labute approximate surface area is 123 Å². The van der Waals surface area contributed by atoms with Crippen molar-refractivity contribution in [2.45, 2.75) is 6.54 Å². The van der Waals surface area contributed by atoms with Gasteiger partial charge in [0.05, 0.1) is 28.2 Å². The molecule has 0 saturated carbocycles. The highest BCUT2D eigenvalue weighted by Crippen LogP contribution is 2.28. The summed E-state index contributed by atoms with van der Waals surface area (Å²) in [4.78, 5) is 35.5. The van der Waals surface area contributed by atoms with Crippen molar-refractivity contribution >= 4 is 17.5 Å². The summed E-state index contributed by atoms with van der Waals surface area (Å²) in [5.41, 5.74) is -0.323. The molecular formula is C15H9FN2O4. The molecule has 0 aromatic heterocycles. The van der Waals surface area contributed by atoms with E-state index in [1.165, 1.54) is 18.2 Å². The van der Waals surface area contributed by atoms with Crippen LogP contribution >= 0.6 is 0 Å². The standard InChI is InChI=1S/C15H9FN2O4/c16-12-6-3-7-13(18(21)22)11(12)8-17-14(19)9-4-1-2-5-10(9)15(17)20/h1-7H,8H2. The van der Waals surface area contributed by atoms with Gasteiger partial charge in [-0.05, 0) is 18.2 Å². The molecule has 0 spiro atoms. The summed E-state index contributed by atoms with van der Waals surface area (Å²) in [7, 11) is 0. The molecule has 1 aliphatic heterocycles. The summed E-state index contributed by atoms with van der Waals surface area (Å²) in [6.45, 7) is -0.477. The fourth-order valence-electron chi connectivity index (χ4n) is 2.42. The van der Waals surface area contributed by atoms with E-state index < -0.39 is 34.8 Å². The minimum atomic E-state index is -0.828. The molecule has 2 aromatic carbocycles. The maximum absolute atomic E-state index is 13.9. The van der Waals surface area contributed by atoms with Gasteiger partial charge in [0.15, 0.2) is 0 Å². The second-order valence-corrected chi connectivity index (χ2v) is 4.74. The number of fused-ring (bicyclic) bond motifs is 1. The van der Waals surface area contributed by atoms with Crippen molar-refractivity contribution in [3.63, 3.8) is 0 Å². The summed E-state index contributed by atoms with van der Waals surface area (Å²) >= 11 is 0. The van der Waals surface area contributed by atoms with Gasteiger partial charge in [-0.1, -0.05) is 18.2 Å². The molecule has 0 aliphatic carbocycles. The third-order valence-corrected chi connectivity index (χ3v) is 3.49. The molecule has 0 unspecified atom stereocenters. The van der Waals surface area contributed by atoms with E-state index in [2.05, 4.69) is 0 Å². The highest BCUT2D eigenvalue weighted by molar-refractivity contribution is 6.21.